The van der Waals surface area contributed by atoms with Gasteiger partial charge in [-0.2, -0.15) is 8.78 Å². The van der Waals surface area contributed by atoms with E-state index in [1.54, 1.807) is 24.3 Å². The molecule has 0 unspecified atom stereocenters. The molecule has 114 valence electrons. The molecule has 2 aromatic heterocycles. The number of tetrazole rings is 1. The second-order valence-electron chi connectivity index (χ2n) is 4.56. The molecule has 0 amide bonds. The van der Waals surface area contributed by atoms with Gasteiger partial charge in [0.2, 0.25) is 0 Å². The Morgan fingerprint density at radius 1 is 1.14 bits per heavy atom. The fraction of sp³-hybridized carbons (Fsp3) is 0.231. The Bertz CT molecular complexity index is 761. The van der Waals surface area contributed by atoms with Gasteiger partial charge in [-0.3, -0.25) is 0 Å². The molecule has 3 aromatic rings. The molecule has 9 heteroatoms. The van der Waals surface area contributed by atoms with E-state index in [0.717, 1.165) is 5.56 Å². The molecular weight excluding hydrogens is 294 g/mol. The summed E-state index contributed by atoms with van der Waals surface area (Å²) in [5.74, 6) is 0.722. The van der Waals surface area contributed by atoms with E-state index < -0.39 is 6.61 Å². The highest BCUT2D eigenvalue weighted by Gasteiger charge is 2.09. The van der Waals surface area contributed by atoms with E-state index in [0.29, 0.717) is 11.5 Å². The Hall–Kier alpha value is -2.84. The third-order valence-corrected chi connectivity index (χ3v) is 3.04. The molecule has 0 fully saturated rings. The summed E-state index contributed by atoms with van der Waals surface area (Å²) in [7, 11) is 0. The summed E-state index contributed by atoms with van der Waals surface area (Å²) in [5.41, 5.74) is 1.45. The summed E-state index contributed by atoms with van der Waals surface area (Å²) in [6.45, 7) is -0.900. The second-order valence-corrected chi connectivity index (χ2v) is 4.56. The highest BCUT2D eigenvalue weighted by Crippen LogP contribution is 2.21. The van der Waals surface area contributed by atoms with E-state index in [2.05, 4.69) is 30.7 Å². The average Bonchev–Trinajstić information content (AvgIpc) is 2.95. The van der Waals surface area contributed by atoms with Gasteiger partial charge >= 0.3 is 6.61 Å². The highest BCUT2D eigenvalue weighted by molar-refractivity contribution is 5.44. The Morgan fingerprint density at radius 3 is 2.64 bits per heavy atom. The van der Waals surface area contributed by atoms with Crippen LogP contribution in [0.3, 0.4) is 0 Å². The smallest absolute Gasteiger partial charge is 0.387 e. The Kier molecular flexibility index (Phi) is 3.77. The maximum atomic E-state index is 12.1. The normalized spacial score (nSPS) is 12.5. The molecule has 1 N–H and O–H groups in total. The van der Waals surface area contributed by atoms with Crippen molar-refractivity contribution in [2.24, 2.45) is 0 Å². The Labute approximate surface area is 123 Å². The van der Waals surface area contributed by atoms with Gasteiger partial charge in [0.25, 0.3) is 0 Å². The fourth-order valence-electron chi connectivity index (χ4n) is 1.97. The van der Waals surface area contributed by atoms with E-state index >= 15 is 0 Å². The molecule has 0 bridgehead atoms. The van der Waals surface area contributed by atoms with Gasteiger partial charge in [-0.1, -0.05) is 12.1 Å². The summed E-state index contributed by atoms with van der Waals surface area (Å²) >= 11 is 0. The summed E-state index contributed by atoms with van der Waals surface area (Å²) in [6, 6.07) is 9.84. The van der Waals surface area contributed by atoms with Crippen molar-refractivity contribution in [3.63, 3.8) is 0 Å². The predicted molar refractivity (Wildman–Crippen MR) is 73.7 cm³/mol. The maximum absolute atomic E-state index is 12.1. The first-order valence-electron chi connectivity index (χ1n) is 6.48. The summed E-state index contributed by atoms with van der Waals surface area (Å²) in [5, 5.41) is 18.4. The first-order valence-corrected chi connectivity index (χ1v) is 6.48. The number of alkyl halides is 2. The Morgan fingerprint density at radius 2 is 1.91 bits per heavy atom. The monoisotopic (exact) mass is 306 g/mol. The molecule has 2 heterocycles. The zero-order chi connectivity index (χ0) is 15.5. The van der Waals surface area contributed by atoms with Crippen LogP contribution < -0.4 is 10.1 Å². The zero-order valence-corrected chi connectivity index (χ0v) is 11.5. The number of aromatic nitrogens is 5. The van der Waals surface area contributed by atoms with Gasteiger partial charge < -0.3 is 10.1 Å². The van der Waals surface area contributed by atoms with Gasteiger partial charge in [-0.15, -0.1) is 14.8 Å². The molecule has 0 radical (unpaired) electrons. The SMILES string of the molecule is C[C@@H](Nc1ccc2nnnn2n1)c1ccc(OC(F)F)cc1. The summed E-state index contributed by atoms with van der Waals surface area (Å²) in [4.78, 5) is 0. The molecule has 22 heavy (non-hydrogen) atoms. The molecule has 0 saturated heterocycles. The Balaban J connectivity index is 1.71. The molecule has 1 atom stereocenters. The molecule has 0 aliphatic rings. The number of anilines is 1. The predicted octanol–water partition coefficient (Wildman–Crippen LogP) is 2.29. The van der Waals surface area contributed by atoms with Crippen LogP contribution in [0.1, 0.15) is 18.5 Å². The lowest BCUT2D eigenvalue weighted by atomic mass is 10.1. The highest BCUT2D eigenvalue weighted by atomic mass is 19.3. The summed E-state index contributed by atoms with van der Waals surface area (Å²) in [6.07, 6.45) is 0. The first kappa shape index (κ1) is 14.1. The minimum atomic E-state index is -2.83. The van der Waals surface area contributed by atoms with Crippen molar-refractivity contribution in [3.8, 4) is 5.75 Å². The van der Waals surface area contributed by atoms with Crippen LogP contribution in [-0.4, -0.2) is 31.9 Å². The molecule has 0 aliphatic heterocycles. The van der Waals surface area contributed by atoms with Crippen molar-refractivity contribution in [3.05, 3.63) is 42.0 Å². The van der Waals surface area contributed by atoms with Gasteiger partial charge in [-0.25, -0.2) is 0 Å². The molecule has 1 aromatic carbocycles. The van der Waals surface area contributed by atoms with E-state index in [1.165, 1.54) is 16.8 Å². The number of hydrogen-bond donors (Lipinski definition) is 1. The third kappa shape index (κ3) is 3.08. The average molecular weight is 306 g/mol. The van der Waals surface area contributed by atoms with E-state index in [9.17, 15) is 8.78 Å². The third-order valence-electron chi connectivity index (χ3n) is 3.04. The number of hydrogen-bond acceptors (Lipinski definition) is 6. The zero-order valence-electron chi connectivity index (χ0n) is 11.5. The second kappa shape index (κ2) is 5.88. The van der Waals surface area contributed by atoms with Gasteiger partial charge in [0, 0.05) is 0 Å². The molecular formula is C13H12F2N6O. The topological polar surface area (TPSA) is 77.2 Å². The standard InChI is InChI=1S/C13H12F2N6O/c1-8(9-2-4-10(5-3-9)22-13(14)15)16-11-6-7-12-17-19-20-21(12)18-11/h2-8,13H,1H3,(H,16,18)/t8-/m1/s1. The first-order chi connectivity index (χ1) is 10.6. The van der Waals surface area contributed by atoms with Crippen LogP contribution in [0, 0.1) is 0 Å². The number of benzene rings is 1. The largest absolute Gasteiger partial charge is 0.435 e. The van der Waals surface area contributed by atoms with E-state index in [4.69, 9.17) is 0 Å². The maximum Gasteiger partial charge on any atom is 0.387 e. The minimum absolute atomic E-state index is 0.0815. The van der Waals surface area contributed by atoms with Gasteiger partial charge in [-0.05, 0) is 47.2 Å². The number of halogens is 2. The van der Waals surface area contributed by atoms with Crippen LogP contribution >= 0.6 is 0 Å². The number of rotatable bonds is 5. The van der Waals surface area contributed by atoms with Crippen LogP contribution in [0.25, 0.3) is 5.65 Å². The minimum Gasteiger partial charge on any atom is -0.435 e. The van der Waals surface area contributed by atoms with Crippen molar-refractivity contribution in [2.45, 2.75) is 19.6 Å². The number of nitrogens with one attached hydrogen (secondary N) is 1. The van der Waals surface area contributed by atoms with Crippen LogP contribution in [0.4, 0.5) is 14.6 Å². The van der Waals surface area contributed by atoms with Crippen molar-refractivity contribution in [1.29, 1.82) is 0 Å². The molecule has 3 rings (SSSR count). The molecule has 0 saturated carbocycles. The van der Waals surface area contributed by atoms with Crippen molar-refractivity contribution in [2.75, 3.05) is 5.32 Å². The van der Waals surface area contributed by atoms with Crippen molar-refractivity contribution < 1.29 is 13.5 Å². The van der Waals surface area contributed by atoms with Crippen molar-refractivity contribution in [1.82, 2.24) is 25.3 Å². The summed E-state index contributed by atoms with van der Waals surface area (Å²) < 4.78 is 29.8. The number of ether oxygens (including phenoxy) is 1. The van der Waals surface area contributed by atoms with E-state index in [1.807, 2.05) is 6.92 Å². The van der Waals surface area contributed by atoms with Crippen LogP contribution in [-0.2, 0) is 0 Å². The molecule has 0 aliphatic carbocycles. The fourth-order valence-corrected chi connectivity index (χ4v) is 1.97. The quantitative estimate of drug-likeness (QED) is 0.779. The van der Waals surface area contributed by atoms with Crippen LogP contribution in [0.15, 0.2) is 36.4 Å². The van der Waals surface area contributed by atoms with Gasteiger partial charge in [0.1, 0.15) is 11.6 Å². The van der Waals surface area contributed by atoms with Gasteiger partial charge in [0.05, 0.1) is 6.04 Å². The van der Waals surface area contributed by atoms with Crippen molar-refractivity contribution >= 4 is 11.5 Å². The number of nitrogens with zero attached hydrogens (tertiary/aromatic N) is 5. The lowest BCUT2D eigenvalue weighted by Crippen LogP contribution is -2.10. The van der Waals surface area contributed by atoms with Crippen LogP contribution in [0.5, 0.6) is 5.75 Å². The lowest BCUT2D eigenvalue weighted by Gasteiger charge is -2.15. The van der Waals surface area contributed by atoms with Gasteiger partial charge in [0.15, 0.2) is 5.65 Å². The lowest BCUT2D eigenvalue weighted by molar-refractivity contribution is -0.0498. The molecule has 0 spiro atoms. The van der Waals surface area contributed by atoms with Crippen LogP contribution in [0.2, 0.25) is 0 Å². The molecule has 7 nitrogen and oxygen atoms in total. The van der Waals surface area contributed by atoms with E-state index in [-0.39, 0.29) is 11.8 Å². The number of fused-ring (bicyclic) bond motifs is 1.